The van der Waals surface area contributed by atoms with Gasteiger partial charge in [-0.25, -0.2) is 15.0 Å². The van der Waals surface area contributed by atoms with Crippen LogP contribution in [0, 0.1) is 6.92 Å². The zero-order valence-corrected chi connectivity index (χ0v) is 22.6. The molecule has 0 aliphatic heterocycles. The van der Waals surface area contributed by atoms with Crippen LogP contribution in [0.1, 0.15) is 31.8 Å². The number of rotatable bonds is 9. The summed E-state index contributed by atoms with van der Waals surface area (Å²) in [6, 6.07) is 24.0. The number of hydrogen-bond donors (Lipinski definition) is 1. The van der Waals surface area contributed by atoms with Crippen LogP contribution >= 0.6 is 23.2 Å². The van der Waals surface area contributed by atoms with Crippen molar-refractivity contribution in [2.45, 2.75) is 6.92 Å². The first-order valence-electron chi connectivity index (χ1n) is 11.9. The van der Waals surface area contributed by atoms with Gasteiger partial charge in [-0.2, -0.15) is 5.10 Å². The van der Waals surface area contributed by atoms with Crippen LogP contribution in [0.2, 0.25) is 10.0 Å². The molecule has 1 amide bonds. The summed E-state index contributed by atoms with van der Waals surface area (Å²) in [5.74, 6) is -1.09. The van der Waals surface area contributed by atoms with Gasteiger partial charge in [0.2, 0.25) is 0 Å². The highest BCUT2D eigenvalue weighted by Gasteiger charge is 2.15. The smallest absolute Gasteiger partial charge is 0.343 e. The van der Waals surface area contributed by atoms with Crippen LogP contribution in [-0.4, -0.2) is 30.7 Å². The van der Waals surface area contributed by atoms with E-state index in [2.05, 4.69) is 10.5 Å². The second-order valence-electron chi connectivity index (χ2n) is 8.39. The van der Waals surface area contributed by atoms with Crippen molar-refractivity contribution in [1.82, 2.24) is 5.43 Å². The number of carbonyl (C=O) groups is 3. The number of ether oxygens (including phenoxy) is 3. The van der Waals surface area contributed by atoms with E-state index in [1.54, 1.807) is 36.4 Å². The van der Waals surface area contributed by atoms with Crippen LogP contribution in [0.4, 0.5) is 0 Å². The molecule has 0 bridgehead atoms. The SMILES string of the molecule is Cc1cccc(OCC(=O)NN=Cc2ccc(OC(=O)c3ccc(Cl)cc3)cc2OC(=O)c2ccc(Cl)cc2)c1. The number of nitrogens with one attached hydrogen (secondary N) is 1. The fourth-order valence-corrected chi connectivity index (χ4v) is 3.58. The summed E-state index contributed by atoms with van der Waals surface area (Å²) in [7, 11) is 0. The molecule has 10 heteroatoms. The number of benzene rings is 4. The van der Waals surface area contributed by atoms with Crippen LogP contribution in [0.25, 0.3) is 0 Å². The second kappa shape index (κ2) is 13.4. The minimum absolute atomic E-state index is 0.0374. The minimum atomic E-state index is -0.678. The Labute approximate surface area is 240 Å². The number of amides is 1. The third-order valence-corrected chi connectivity index (χ3v) is 5.81. The van der Waals surface area contributed by atoms with E-state index >= 15 is 0 Å². The summed E-state index contributed by atoms with van der Waals surface area (Å²) in [6.07, 6.45) is 1.29. The quantitative estimate of drug-likeness (QED) is 0.109. The van der Waals surface area contributed by atoms with Gasteiger partial charge in [-0.3, -0.25) is 4.79 Å². The van der Waals surface area contributed by atoms with E-state index in [0.717, 1.165) is 5.56 Å². The third-order valence-electron chi connectivity index (χ3n) is 5.31. The van der Waals surface area contributed by atoms with Crippen LogP contribution in [-0.2, 0) is 4.79 Å². The summed E-state index contributed by atoms with van der Waals surface area (Å²) in [5.41, 5.74) is 4.22. The van der Waals surface area contributed by atoms with Gasteiger partial charge in [0.05, 0.1) is 17.3 Å². The lowest BCUT2D eigenvalue weighted by Gasteiger charge is -2.11. The molecule has 4 aromatic carbocycles. The molecule has 0 aliphatic rings. The molecular formula is C30H22Cl2N2O6. The second-order valence-corrected chi connectivity index (χ2v) is 9.26. The van der Waals surface area contributed by atoms with E-state index in [1.807, 2.05) is 19.1 Å². The molecule has 0 aliphatic carbocycles. The highest BCUT2D eigenvalue weighted by molar-refractivity contribution is 6.31. The predicted octanol–water partition coefficient (Wildman–Crippen LogP) is 6.27. The molecule has 0 spiro atoms. The molecule has 8 nitrogen and oxygen atoms in total. The summed E-state index contributed by atoms with van der Waals surface area (Å²) in [4.78, 5) is 37.5. The lowest BCUT2D eigenvalue weighted by molar-refractivity contribution is -0.123. The highest BCUT2D eigenvalue weighted by Crippen LogP contribution is 2.26. The minimum Gasteiger partial charge on any atom is -0.484 e. The van der Waals surface area contributed by atoms with Gasteiger partial charge in [-0.05, 0) is 85.3 Å². The van der Waals surface area contributed by atoms with Crippen LogP contribution in [0.5, 0.6) is 17.2 Å². The van der Waals surface area contributed by atoms with Gasteiger partial charge < -0.3 is 14.2 Å². The number of hydrazone groups is 1. The molecule has 202 valence electrons. The van der Waals surface area contributed by atoms with Crippen molar-refractivity contribution in [3.8, 4) is 17.2 Å². The molecular weight excluding hydrogens is 555 g/mol. The van der Waals surface area contributed by atoms with E-state index in [-0.39, 0.29) is 29.2 Å². The fourth-order valence-electron chi connectivity index (χ4n) is 3.33. The molecule has 1 N–H and O–H groups in total. The molecule has 0 saturated heterocycles. The third kappa shape index (κ3) is 8.17. The number of halogens is 2. The number of nitrogens with zero attached hydrogens (tertiary/aromatic N) is 1. The monoisotopic (exact) mass is 576 g/mol. The predicted molar refractivity (Wildman–Crippen MR) is 152 cm³/mol. The highest BCUT2D eigenvalue weighted by atomic mass is 35.5. The van der Waals surface area contributed by atoms with E-state index in [0.29, 0.717) is 21.4 Å². The van der Waals surface area contributed by atoms with E-state index in [1.165, 1.54) is 48.7 Å². The Morgan fingerprint density at radius 3 is 2.02 bits per heavy atom. The van der Waals surface area contributed by atoms with Crippen molar-refractivity contribution >= 4 is 47.3 Å². The summed E-state index contributed by atoms with van der Waals surface area (Å²) in [6.45, 7) is 1.66. The van der Waals surface area contributed by atoms with Gasteiger partial charge in [0.15, 0.2) is 6.61 Å². The molecule has 0 atom stereocenters. The Bertz CT molecular complexity index is 1550. The molecule has 0 saturated carbocycles. The summed E-state index contributed by atoms with van der Waals surface area (Å²) >= 11 is 11.8. The first-order chi connectivity index (χ1) is 19.3. The Morgan fingerprint density at radius 2 is 1.40 bits per heavy atom. The molecule has 0 heterocycles. The molecule has 4 aromatic rings. The maximum Gasteiger partial charge on any atom is 0.343 e. The van der Waals surface area contributed by atoms with Gasteiger partial charge in [0, 0.05) is 21.7 Å². The van der Waals surface area contributed by atoms with Crippen molar-refractivity contribution in [3.63, 3.8) is 0 Å². The average molecular weight is 577 g/mol. The zero-order valence-electron chi connectivity index (χ0n) is 21.1. The van der Waals surface area contributed by atoms with Crippen LogP contribution in [0.3, 0.4) is 0 Å². The molecule has 0 aromatic heterocycles. The first kappa shape index (κ1) is 28.4. The van der Waals surface area contributed by atoms with Crippen LogP contribution in [0.15, 0.2) is 96.1 Å². The number of carbonyl (C=O) groups excluding carboxylic acids is 3. The van der Waals surface area contributed by atoms with Gasteiger partial charge in [0.1, 0.15) is 17.2 Å². The standard InChI is InChI=1S/C30H22Cl2N2O6/c1-19-3-2-4-25(15-19)38-18-28(35)34-33-17-22-9-14-26(39-29(36)20-5-10-23(31)11-6-20)16-27(22)40-30(37)21-7-12-24(32)13-8-21/h2-17H,18H2,1H3,(H,34,35). The van der Waals surface area contributed by atoms with Crippen molar-refractivity contribution in [3.05, 3.63) is 123 Å². The zero-order chi connectivity index (χ0) is 28.5. The van der Waals surface area contributed by atoms with Gasteiger partial charge in [-0.15, -0.1) is 0 Å². The van der Waals surface area contributed by atoms with Crippen molar-refractivity contribution in [2.24, 2.45) is 5.10 Å². The summed E-state index contributed by atoms with van der Waals surface area (Å²) < 4.78 is 16.5. The Kier molecular flexibility index (Phi) is 9.51. The largest absolute Gasteiger partial charge is 0.484 e. The van der Waals surface area contributed by atoms with E-state index in [4.69, 9.17) is 37.4 Å². The van der Waals surface area contributed by atoms with E-state index < -0.39 is 17.8 Å². The van der Waals surface area contributed by atoms with E-state index in [9.17, 15) is 14.4 Å². The lowest BCUT2D eigenvalue weighted by Crippen LogP contribution is -2.24. The van der Waals surface area contributed by atoms with Crippen molar-refractivity contribution in [2.75, 3.05) is 6.61 Å². The maximum absolute atomic E-state index is 12.8. The fraction of sp³-hybridized carbons (Fsp3) is 0.0667. The Balaban J connectivity index is 1.48. The molecule has 0 fully saturated rings. The number of aryl methyl sites for hydroxylation is 1. The maximum atomic E-state index is 12.8. The normalized spacial score (nSPS) is 10.7. The average Bonchev–Trinajstić information content (AvgIpc) is 2.94. The van der Waals surface area contributed by atoms with Crippen molar-refractivity contribution in [1.29, 1.82) is 0 Å². The van der Waals surface area contributed by atoms with Gasteiger partial charge in [0.25, 0.3) is 5.91 Å². The Hall–Kier alpha value is -4.66. The summed E-state index contributed by atoms with van der Waals surface area (Å²) in [5, 5.41) is 4.87. The first-order valence-corrected chi connectivity index (χ1v) is 12.6. The Morgan fingerprint density at radius 1 is 0.775 bits per heavy atom. The van der Waals surface area contributed by atoms with Gasteiger partial charge in [-0.1, -0.05) is 35.3 Å². The van der Waals surface area contributed by atoms with Crippen LogP contribution < -0.4 is 19.6 Å². The molecule has 40 heavy (non-hydrogen) atoms. The van der Waals surface area contributed by atoms with Crippen molar-refractivity contribution < 1.29 is 28.6 Å². The van der Waals surface area contributed by atoms with Gasteiger partial charge >= 0.3 is 11.9 Å². The molecule has 0 unspecified atom stereocenters. The number of hydrogen-bond acceptors (Lipinski definition) is 7. The lowest BCUT2D eigenvalue weighted by atomic mass is 10.2. The molecule has 4 rings (SSSR count). The topological polar surface area (TPSA) is 103 Å². The number of esters is 2. The molecule has 0 radical (unpaired) electrons.